The molecule has 0 amide bonds. The number of esters is 3. The average molecular weight is 599 g/mol. The van der Waals surface area contributed by atoms with Crippen LogP contribution in [0.15, 0.2) is 72.8 Å². The molecular formula is C36H38O8. The standard InChI is InChI=1S/C36H38O8/c1-24-3-11-29(12-4-24)41-33(38)26-7-9-27(10-8-26)34(39)42-30-15-17-31(18-16-30)43-35(40)28-19-21-36(23-37,22-20-28)44-32-13-5-25(2)6-14-32/h3-6,11-18,23,26-28H,7-10,19-22H2,1-2H3. The Labute approximate surface area is 257 Å². The molecule has 2 aliphatic carbocycles. The molecule has 0 saturated heterocycles. The largest absolute Gasteiger partial charge is 0.480 e. The predicted octanol–water partition coefficient (Wildman–Crippen LogP) is 6.73. The maximum atomic E-state index is 12.9. The zero-order chi connectivity index (χ0) is 31.1. The van der Waals surface area contributed by atoms with Crippen LogP contribution in [0.3, 0.4) is 0 Å². The van der Waals surface area contributed by atoms with E-state index in [9.17, 15) is 19.2 Å². The van der Waals surface area contributed by atoms with Crippen LogP contribution in [0.25, 0.3) is 0 Å². The maximum Gasteiger partial charge on any atom is 0.314 e. The summed E-state index contributed by atoms with van der Waals surface area (Å²) in [5.41, 5.74) is 1.25. The minimum absolute atomic E-state index is 0.242. The lowest BCUT2D eigenvalue weighted by Gasteiger charge is -2.35. The molecule has 2 fully saturated rings. The lowest BCUT2D eigenvalue weighted by Crippen LogP contribution is -2.43. The molecule has 44 heavy (non-hydrogen) atoms. The van der Waals surface area contributed by atoms with Gasteiger partial charge in [0.05, 0.1) is 17.8 Å². The Morgan fingerprint density at radius 2 is 0.864 bits per heavy atom. The van der Waals surface area contributed by atoms with E-state index < -0.39 is 5.60 Å². The number of hydrogen-bond acceptors (Lipinski definition) is 8. The lowest BCUT2D eigenvalue weighted by molar-refractivity contribution is -0.145. The van der Waals surface area contributed by atoms with E-state index in [4.69, 9.17) is 18.9 Å². The smallest absolute Gasteiger partial charge is 0.314 e. The van der Waals surface area contributed by atoms with Crippen LogP contribution in [0.5, 0.6) is 23.0 Å². The number of carbonyl (C=O) groups excluding carboxylic acids is 4. The fourth-order valence-electron chi connectivity index (χ4n) is 5.77. The summed E-state index contributed by atoms with van der Waals surface area (Å²) in [7, 11) is 0. The first kappa shape index (κ1) is 31.0. The molecule has 3 aromatic rings. The molecule has 0 aromatic heterocycles. The molecule has 0 radical (unpaired) electrons. The van der Waals surface area contributed by atoms with E-state index in [-0.39, 0.29) is 35.7 Å². The molecule has 2 aliphatic rings. The highest BCUT2D eigenvalue weighted by Crippen LogP contribution is 2.36. The molecule has 230 valence electrons. The highest BCUT2D eigenvalue weighted by molar-refractivity contribution is 5.78. The number of ether oxygens (including phenoxy) is 4. The van der Waals surface area contributed by atoms with Crippen molar-refractivity contribution < 1.29 is 38.1 Å². The molecule has 8 heteroatoms. The summed E-state index contributed by atoms with van der Waals surface area (Å²) in [5, 5.41) is 0. The quantitative estimate of drug-likeness (QED) is 0.152. The molecule has 0 bridgehead atoms. The monoisotopic (exact) mass is 598 g/mol. The van der Waals surface area contributed by atoms with Gasteiger partial charge >= 0.3 is 17.9 Å². The molecule has 0 spiro atoms. The summed E-state index contributed by atoms with van der Waals surface area (Å²) in [6, 6.07) is 21.3. The first-order valence-corrected chi connectivity index (χ1v) is 15.3. The van der Waals surface area contributed by atoms with Gasteiger partial charge in [-0.05, 0) is 114 Å². The van der Waals surface area contributed by atoms with Gasteiger partial charge in [0.25, 0.3) is 0 Å². The third-order valence-electron chi connectivity index (χ3n) is 8.62. The maximum absolute atomic E-state index is 12.9. The van der Waals surface area contributed by atoms with Gasteiger partial charge in [-0.1, -0.05) is 35.4 Å². The lowest BCUT2D eigenvalue weighted by atomic mass is 9.79. The first-order chi connectivity index (χ1) is 21.2. The van der Waals surface area contributed by atoms with Gasteiger partial charge in [0.15, 0.2) is 11.9 Å². The van der Waals surface area contributed by atoms with Gasteiger partial charge in [0.2, 0.25) is 0 Å². The van der Waals surface area contributed by atoms with Gasteiger partial charge in [0, 0.05) is 0 Å². The summed E-state index contributed by atoms with van der Waals surface area (Å²) in [4.78, 5) is 50.1. The van der Waals surface area contributed by atoms with Crippen molar-refractivity contribution in [3.8, 4) is 23.0 Å². The number of aryl methyl sites for hydroxylation is 2. The third kappa shape index (κ3) is 7.92. The minimum Gasteiger partial charge on any atom is -0.480 e. The van der Waals surface area contributed by atoms with Crippen LogP contribution in [0.2, 0.25) is 0 Å². The molecule has 5 rings (SSSR count). The van der Waals surface area contributed by atoms with Crippen molar-refractivity contribution in [3.05, 3.63) is 83.9 Å². The van der Waals surface area contributed by atoms with E-state index in [1.54, 1.807) is 36.4 Å². The molecule has 0 heterocycles. The van der Waals surface area contributed by atoms with Crippen molar-refractivity contribution >= 4 is 24.2 Å². The normalized spacial score (nSPS) is 23.2. The number of benzene rings is 3. The van der Waals surface area contributed by atoms with Crippen LogP contribution in [0.4, 0.5) is 0 Å². The Bertz CT molecular complexity index is 1440. The molecular weight excluding hydrogens is 560 g/mol. The van der Waals surface area contributed by atoms with Crippen molar-refractivity contribution in [2.45, 2.75) is 70.8 Å². The summed E-state index contributed by atoms with van der Waals surface area (Å²) >= 11 is 0. The van der Waals surface area contributed by atoms with Gasteiger partial charge in [-0.3, -0.25) is 19.2 Å². The molecule has 8 nitrogen and oxygen atoms in total. The zero-order valence-corrected chi connectivity index (χ0v) is 25.2. The van der Waals surface area contributed by atoms with Crippen LogP contribution in [-0.4, -0.2) is 29.8 Å². The molecule has 3 aromatic carbocycles. The van der Waals surface area contributed by atoms with Crippen molar-refractivity contribution in [1.29, 1.82) is 0 Å². The van der Waals surface area contributed by atoms with Crippen LogP contribution in [0, 0.1) is 31.6 Å². The van der Waals surface area contributed by atoms with Gasteiger partial charge < -0.3 is 18.9 Å². The van der Waals surface area contributed by atoms with Gasteiger partial charge in [0.1, 0.15) is 23.0 Å². The van der Waals surface area contributed by atoms with Gasteiger partial charge in [-0.15, -0.1) is 0 Å². The van der Waals surface area contributed by atoms with Gasteiger partial charge in [-0.25, -0.2) is 0 Å². The van der Waals surface area contributed by atoms with Crippen LogP contribution < -0.4 is 18.9 Å². The molecule has 0 N–H and O–H groups in total. The predicted molar refractivity (Wildman–Crippen MR) is 163 cm³/mol. The van der Waals surface area contributed by atoms with Crippen LogP contribution in [0.1, 0.15) is 62.5 Å². The van der Waals surface area contributed by atoms with Crippen molar-refractivity contribution in [3.63, 3.8) is 0 Å². The molecule has 0 unspecified atom stereocenters. The Kier molecular flexibility index (Phi) is 9.78. The summed E-state index contributed by atoms with van der Waals surface area (Å²) in [5.74, 6) is 0.0297. The second-order valence-corrected chi connectivity index (χ2v) is 12.0. The fraction of sp³-hybridized carbons (Fsp3) is 0.389. The van der Waals surface area contributed by atoms with E-state index in [0.29, 0.717) is 74.4 Å². The number of carbonyl (C=O) groups is 4. The SMILES string of the molecule is Cc1ccc(OC(=O)C2CCC(C(=O)Oc3ccc(OC(=O)C4CCC(C=O)(Oc5ccc(C)cc5)CC4)cc3)CC2)cc1. The van der Waals surface area contributed by atoms with E-state index >= 15 is 0 Å². The molecule has 2 saturated carbocycles. The van der Waals surface area contributed by atoms with Crippen LogP contribution >= 0.6 is 0 Å². The second kappa shape index (κ2) is 13.9. The topological polar surface area (TPSA) is 105 Å². The highest BCUT2D eigenvalue weighted by atomic mass is 16.5. The molecule has 0 atom stereocenters. The third-order valence-corrected chi connectivity index (χ3v) is 8.62. The number of rotatable bonds is 9. The Balaban J connectivity index is 1.05. The summed E-state index contributed by atoms with van der Waals surface area (Å²) in [6.07, 6.45) is 4.87. The Hall–Kier alpha value is -4.46. The zero-order valence-electron chi connectivity index (χ0n) is 25.2. The van der Waals surface area contributed by atoms with Gasteiger partial charge in [-0.2, -0.15) is 0 Å². The minimum atomic E-state index is -0.943. The number of hydrogen-bond donors (Lipinski definition) is 0. The fourth-order valence-corrected chi connectivity index (χ4v) is 5.77. The Morgan fingerprint density at radius 1 is 0.545 bits per heavy atom. The van der Waals surface area contributed by atoms with E-state index in [2.05, 4.69) is 0 Å². The first-order valence-electron chi connectivity index (χ1n) is 15.3. The van der Waals surface area contributed by atoms with Crippen LogP contribution in [-0.2, 0) is 19.2 Å². The summed E-state index contributed by atoms with van der Waals surface area (Å²) in [6.45, 7) is 3.95. The molecule has 0 aliphatic heterocycles. The van der Waals surface area contributed by atoms with E-state index in [1.165, 1.54) is 0 Å². The average Bonchev–Trinajstić information content (AvgIpc) is 3.04. The van der Waals surface area contributed by atoms with E-state index in [0.717, 1.165) is 17.4 Å². The van der Waals surface area contributed by atoms with E-state index in [1.807, 2.05) is 50.2 Å². The highest BCUT2D eigenvalue weighted by Gasteiger charge is 2.40. The van der Waals surface area contributed by atoms with Crippen molar-refractivity contribution in [2.24, 2.45) is 17.8 Å². The summed E-state index contributed by atoms with van der Waals surface area (Å²) < 4.78 is 22.7. The van der Waals surface area contributed by atoms with Crippen molar-refractivity contribution in [2.75, 3.05) is 0 Å². The number of aldehydes is 1. The second-order valence-electron chi connectivity index (χ2n) is 12.0. The van der Waals surface area contributed by atoms with Crippen molar-refractivity contribution in [1.82, 2.24) is 0 Å². The Morgan fingerprint density at radius 3 is 1.23 bits per heavy atom.